The van der Waals surface area contributed by atoms with Crippen LogP contribution >= 0.6 is 16.3 Å². The van der Waals surface area contributed by atoms with E-state index in [2.05, 4.69) is 55.4 Å². The second-order valence-corrected chi connectivity index (χ2v) is 13.1. The van der Waals surface area contributed by atoms with E-state index in [1.165, 1.54) is 0 Å². The minimum atomic E-state index is -0.536. The Morgan fingerprint density at radius 1 is 0.583 bits per heavy atom. The zero-order valence-electron chi connectivity index (χ0n) is 16.7. The molecule has 0 N–H and O–H groups in total. The Bertz CT molecular complexity index is 445. The molecule has 0 fully saturated rings. The second-order valence-electron chi connectivity index (χ2n) is 7.12. The molecule has 0 bridgehead atoms. The van der Waals surface area contributed by atoms with Crippen molar-refractivity contribution in [1.82, 2.24) is 0 Å². The highest BCUT2D eigenvalue weighted by Gasteiger charge is 2.23. The van der Waals surface area contributed by atoms with Gasteiger partial charge in [-0.1, -0.05) is 55.4 Å². The van der Waals surface area contributed by atoms with Crippen LogP contribution in [0.4, 0.5) is 0 Å². The lowest BCUT2D eigenvalue weighted by molar-refractivity contribution is 0.410. The molecule has 0 saturated heterocycles. The van der Waals surface area contributed by atoms with Crippen LogP contribution in [0.5, 0.6) is 17.2 Å². The van der Waals surface area contributed by atoms with E-state index >= 15 is 0 Å². The maximum Gasteiger partial charge on any atom is 0.130 e. The molecule has 24 heavy (non-hydrogen) atoms. The maximum absolute atomic E-state index is 6.34. The van der Waals surface area contributed by atoms with Crippen molar-refractivity contribution in [1.29, 1.82) is 0 Å². The van der Waals surface area contributed by atoms with Crippen molar-refractivity contribution < 1.29 is 13.8 Å². The van der Waals surface area contributed by atoms with Crippen LogP contribution in [0.1, 0.15) is 55.4 Å². The number of ether oxygens (including phenoxy) is 1. The van der Waals surface area contributed by atoms with E-state index in [0.29, 0.717) is 22.6 Å². The van der Waals surface area contributed by atoms with Crippen LogP contribution in [0, 0.1) is 0 Å². The fraction of sp³-hybridized carbons (Fsp3) is 0.684. The molecule has 3 nitrogen and oxygen atoms in total. The van der Waals surface area contributed by atoms with Crippen LogP contribution in [-0.2, 0) is 0 Å². The summed E-state index contributed by atoms with van der Waals surface area (Å²) in [5.74, 6) is 2.48. The van der Waals surface area contributed by atoms with Crippen LogP contribution in [-0.4, -0.2) is 29.7 Å². The molecule has 0 aliphatic heterocycles. The minimum Gasteiger partial charge on any atom is -0.496 e. The molecular weight excluding hydrogens is 338 g/mol. The Hall–Kier alpha value is -0.520. The van der Waals surface area contributed by atoms with Gasteiger partial charge < -0.3 is 13.8 Å². The van der Waals surface area contributed by atoms with Crippen molar-refractivity contribution >= 4 is 16.3 Å². The van der Waals surface area contributed by atoms with E-state index in [-0.39, 0.29) is 0 Å². The maximum atomic E-state index is 6.34. The van der Waals surface area contributed by atoms with E-state index in [0.717, 1.165) is 17.2 Å². The highest BCUT2D eigenvalue weighted by molar-refractivity contribution is 7.54. The van der Waals surface area contributed by atoms with Gasteiger partial charge in [0.05, 0.1) is 23.4 Å². The topological polar surface area (TPSA) is 27.7 Å². The van der Waals surface area contributed by atoms with Crippen molar-refractivity contribution in [2.24, 2.45) is 0 Å². The number of hydrogen-bond donors (Lipinski definition) is 0. The molecule has 1 aromatic carbocycles. The number of rotatable bonds is 9. The summed E-state index contributed by atoms with van der Waals surface area (Å²) >= 11 is 0. The molecule has 0 aromatic heterocycles. The van der Waals surface area contributed by atoms with Gasteiger partial charge in [0.15, 0.2) is 0 Å². The molecule has 0 unspecified atom stereocenters. The van der Waals surface area contributed by atoms with Crippen LogP contribution in [0.25, 0.3) is 0 Å². The highest BCUT2D eigenvalue weighted by Crippen LogP contribution is 2.51. The van der Waals surface area contributed by atoms with Crippen LogP contribution in [0.2, 0.25) is 0 Å². The summed E-state index contributed by atoms with van der Waals surface area (Å²) in [4.78, 5) is 0. The molecule has 0 aliphatic carbocycles. The van der Waals surface area contributed by atoms with Crippen LogP contribution in [0.3, 0.4) is 0 Å². The Morgan fingerprint density at radius 3 is 1.12 bits per heavy atom. The third-order valence-electron chi connectivity index (χ3n) is 3.55. The SMILES string of the molecule is COc1cc(OP(C(C)C)C(C)C)cc(OP(C(C)C)C(C)C)c1. The van der Waals surface area contributed by atoms with E-state index in [1.807, 2.05) is 18.2 Å². The third-order valence-corrected chi connectivity index (χ3v) is 8.46. The van der Waals surface area contributed by atoms with Gasteiger partial charge in [0, 0.05) is 40.8 Å². The van der Waals surface area contributed by atoms with Gasteiger partial charge in [-0.15, -0.1) is 0 Å². The summed E-state index contributed by atoms with van der Waals surface area (Å²) in [6, 6.07) is 5.93. The van der Waals surface area contributed by atoms with Crippen LogP contribution in [0.15, 0.2) is 18.2 Å². The molecule has 1 rings (SSSR count). The highest BCUT2D eigenvalue weighted by atomic mass is 31.1. The molecule has 0 spiro atoms. The molecule has 1 aromatic rings. The Balaban J connectivity index is 3.07. The van der Waals surface area contributed by atoms with Crippen molar-refractivity contribution in [3.05, 3.63) is 18.2 Å². The first-order valence-corrected chi connectivity index (χ1v) is 11.6. The first-order valence-electron chi connectivity index (χ1n) is 8.77. The third kappa shape index (κ3) is 6.41. The molecule has 0 radical (unpaired) electrons. The van der Waals surface area contributed by atoms with Gasteiger partial charge in [0.25, 0.3) is 0 Å². The van der Waals surface area contributed by atoms with Crippen molar-refractivity contribution in [2.75, 3.05) is 7.11 Å². The van der Waals surface area contributed by atoms with Gasteiger partial charge >= 0.3 is 0 Å². The molecule has 0 aliphatic rings. The lowest BCUT2D eigenvalue weighted by atomic mass is 10.3. The molecule has 0 heterocycles. The predicted molar refractivity (Wildman–Crippen MR) is 109 cm³/mol. The van der Waals surface area contributed by atoms with Gasteiger partial charge in [0.2, 0.25) is 0 Å². The monoisotopic (exact) mass is 372 g/mol. The minimum absolute atomic E-state index is 0.513. The van der Waals surface area contributed by atoms with Crippen molar-refractivity contribution in [3.8, 4) is 17.2 Å². The molecule has 0 saturated carbocycles. The average Bonchev–Trinajstić information content (AvgIpc) is 2.48. The van der Waals surface area contributed by atoms with Gasteiger partial charge in [0.1, 0.15) is 17.2 Å². The second kappa shape index (κ2) is 9.83. The first kappa shape index (κ1) is 21.5. The van der Waals surface area contributed by atoms with Gasteiger partial charge in [-0.05, 0) is 0 Å². The van der Waals surface area contributed by atoms with E-state index < -0.39 is 16.3 Å². The smallest absolute Gasteiger partial charge is 0.130 e. The molecule has 0 amide bonds. The Morgan fingerprint density at radius 2 is 0.875 bits per heavy atom. The Labute approximate surface area is 151 Å². The summed E-state index contributed by atoms with van der Waals surface area (Å²) in [7, 11) is 0.613. The normalized spacial score (nSPS) is 12.1. The van der Waals surface area contributed by atoms with Gasteiger partial charge in [-0.2, -0.15) is 0 Å². The first-order chi connectivity index (χ1) is 11.1. The molecule has 138 valence electrons. The van der Waals surface area contributed by atoms with E-state index in [9.17, 15) is 0 Å². The summed E-state index contributed by atoms with van der Waals surface area (Å²) in [5, 5.41) is 0. The average molecular weight is 372 g/mol. The molecule has 0 atom stereocenters. The van der Waals surface area contributed by atoms with Crippen LogP contribution < -0.4 is 13.8 Å². The Kier molecular flexibility index (Phi) is 8.82. The number of benzene rings is 1. The standard InChI is InChI=1S/C19H34O3P2/c1-13(2)23(14(3)4)21-18-10-17(20-9)11-19(12-18)22-24(15(5)6)16(7)8/h10-16H,1-9H3. The predicted octanol–water partition coefficient (Wildman–Crippen LogP) is 6.88. The zero-order chi connectivity index (χ0) is 18.4. The van der Waals surface area contributed by atoms with Gasteiger partial charge in [-0.25, -0.2) is 0 Å². The summed E-state index contributed by atoms with van der Waals surface area (Å²) in [5.41, 5.74) is 2.05. The van der Waals surface area contributed by atoms with Gasteiger partial charge in [-0.3, -0.25) is 0 Å². The summed E-state index contributed by atoms with van der Waals surface area (Å²) in [6.07, 6.45) is 0. The molecular formula is C19H34O3P2. The zero-order valence-corrected chi connectivity index (χ0v) is 18.4. The quantitative estimate of drug-likeness (QED) is 0.442. The molecule has 5 heteroatoms. The largest absolute Gasteiger partial charge is 0.496 e. The number of methoxy groups -OCH3 is 1. The fourth-order valence-electron chi connectivity index (χ4n) is 2.63. The number of hydrogen-bond acceptors (Lipinski definition) is 3. The summed E-state index contributed by atoms with van der Waals surface area (Å²) in [6.45, 7) is 17.8. The fourth-order valence-corrected chi connectivity index (χ4v) is 6.55. The van der Waals surface area contributed by atoms with E-state index in [4.69, 9.17) is 13.8 Å². The lowest BCUT2D eigenvalue weighted by Crippen LogP contribution is -2.09. The summed E-state index contributed by atoms with van der Waals surface area (Å²) < 4.78 is 18.1. The van der Waals surface area contributed by atoms with Crippen molar-refractivity contribution in [3.63, 3.8) is 0 Å². The lowest BCUT2D eigenvalue weighted by Gasteiger charge is -2.28. The van der Waals surface area contributed by atoms with E-state index in [1.54, 1.807) is 7.11 Å². The van der Waals surface area contributed by atoms with Crippen molar-refractivity contribution in [2.45, 2.75) is 78.0 Å².